The van der Waals surface area contributed by atoms with E-state index in [2.05, 4.69) is 42.2 Å². The monoisotopic (exact) mass is 1050 g/mol. The van der Waals surface area contributed by atoms with Crippen molar-refractivity contribution in [3.8, 4) is 5.75 Å². The molecule has 3 rings (SSSR count). The molecule has 27 heteroatoms. The van der Waals surface area contributed by atoms with Gasteiger partial charge in [-0.2, -0.15) is 0 Å². The Balaban J connectivity index is 1.78. The average molecular weight is 1050 g/mol. The molecule has 9 atom stereocenters. The standard InChI is InChI=1S/C48H72N14O13/c1-26(55-41(68)31(50)24-38(51)65)39(66)59-34(23-29-15-17-30(64)18-16-29)43(70)56-27(2)40(67)61-36(25-63)46(73)62-21-9-14-37(62)45(72)57-32(13-8-20-54-48(52)53)42(69)60-35(22-28-10-4-3-5-11-28)44(71)58-33(47(74)75)12-6-7-19-49/h3-5,10-11,15-18,26-27,31-37,63-64H,6-9,12-14,19-25,49-50H2,1-2H3,(H2,51,65)(H,55,68)(H,56,70)(H,57,72)(H,58,71)(H,59,66)(H,60,69)(H,61,67)(H,74,75)(H4,52,53,54)/t26-,27-,31-,32-,33-,34-,35-,36-,37-/m0/s1. The number of nitrogens with one attached hydrogen (secondary N) is 7. The van der Waals surface area contributed by atoms with Gasteiger partial charge >= 0.3 is 5.97 Å². The molecule has 0 radical (unpaired) electrons. The Morgan fingerprint density at radius 3 is 1.73 bits per heavy atom. The van der Waals surface area contributed by atoms with Crippen molar-refractivity contribution in [2.45, 2.75) is 132 Å². The topological polar surface area (TPSA) is 461 Å². The SMILES string of the molecule is C[C@H](NC(=O)[C@H](Cc1ccc(O)cc1)NC(=O)[C@H](C)NC(=O)[C@@H](N)CC(N)=O)C(=O)N[C@@H](CO)C(=O)N1CCC[C@H]1C(=O)N[C@@H](CCCN=C(N)N)C(=O)N[C@@H](Cc1ccccc1)C(=O)N[C@@H](CCCCN)C(=O)O. The van der Waals surface area contributed by atoms with E-state index in [9.17, 15) is 63.3 Å². The lowest BCUT2D eigenvalue weighted by Gasteiger charge is -2.30. The molecule has 0 spiro atoms. The summed E-state index contributed by atoms with van der Waals surface area (Å²) < 4.78 is 0. The van der Waals surface area contributed by atoms with Gasteiger partial charge in [0.2, 0.25) is 53.2 Å². The van der Waals surface area contributed by atoms with E-state index >= 15 is 0 Å². The number of unbranched alkanes of at least 4 members (excludes halogenated alkanes) is 1. The lowest BCUT2D eigenvalue weighted by Crippen LogP contribution is -2.60. The predicted molar refractivity (Wildman–Crippen MR) is 271 cm³/mol. The van der Waals surface area contributed by atoms with Gasteiger partial charge in [0.15, 0.2) is 5.96 Å². The predicted octanol–water partition coefficient (Wildman–Crippen LogP) is -4.94. The van der Waals surface area contributed by atoms with Crippen LogP contribution >= 0.6 is 0 Å². The minimum Gasteiger partial charge on any atom is -0.508 e. The average Bonchev–Trinajstić information content (AvgIpc) is 3.86. The third-order valence-corrected chi connectivity index (χ3v) is 12.0. The van der Waals surface area contributed by atoms with Crippen LogP contribution in [0.1, 0.15) is 76.3 Å². The Kier molecular flexibility index (Phi) is 25.3. The summed E-state index contributed by atoms with van der Waals surface area (Å²) in [6.45, 7) is 1.98. The molecule has 0 saturated carbocycles. The maximum atomic E-state index is 14.1. The number of aliphatic imine (C=N–C) groups is 1. The first-order valence-electron chi connectivity index (χ1n) is 24.4. The van der Waals surface area contributed by atoms with Crippen LogP contribution in [0, 0.1) is 0 Å². The molecule has 0 bridgehead atoms. The fourth-order valence-electron chi connectivity index (χ4n) is 7.83. The highest BCUT2D eigenvalue weighted by molar-refractivity contribution is 5.98. The Bertz CT molecular complexity index is 2320. The molecule has 75 heavy (non-hydrogen) atoms. The third-order valence-electron chi connectivity index (χ3n) is 12.0. The van der Waals surface area contributed by atoms with Crippen LogP contribution in [0.2, 0.25) is 0 Å². The number of likely N-dealkylation sites (tertiary alicyclic amines) is 1. The van der Waals surface area contributed by atoms with Crippen LogP contribution in [0.25, 0.3) is 0 Å². The maximum Gasteiger partial charge on any atom is 0.326 e. The number of aromatic hydroxyl groups is 1. The van der Waals surface area contributed by atoms with Gasteiger partial charge < -0.3 is 86.1 Å². The first-order valence-corrected chi connectivity index (χ1v) is 24.4. The molecule has 412 valence electrons. The first-order chi connectivity index (χ1) is 35.5. The molecular formula is C48H72N14O13. The van der Waals surface area contributed by atoms with Gasteiger partial charge in [0.1, 0.15) is 54.1 Å². The Morgan fingerprint density at radius 1 is 0.653 bits per heavy atom. The van der Waals surface area contributed by atoms with Gasteiger partial charge in [-0.15, -0.1) is 0 Å². The molecule has 1 aliphatic heterocycles. The van der Waals surface area contributed by atoms with E-state index in [1.54, 1.807) is 30.3 Å². The number of phenols is 1. The molecule has 27 nitrogen and oxygen atoms in total. The molecule has 1 fully saturated rings. The number of hydrogen-bond acceptors (Lipinski definition) is 15. The van der Waals surface area contributed by atoms with Crippen molar-refractivity contribution >= 4 is 65.1 Å². The van der Waals surface area contributed by atoms with Crippen LogP contribution in [-0.4, -0.2) is 166 Å². The Morgan fingerprint density at radius 2 is 1.17 bits per heavy atom. The molecule has 1 aliphatic rings. The van der Waals surface area contributed by atoms with E-state index in [4.69, 9.17) is 28.7 Å². The lowest BCUT2D eigenvalue weighted by molar-refractivity contribution is -0.143. The zero-order valence-corrected chi connectivity index (χ0v) is 42.0. The number of carbonyl (C=O) groups is 10. The van der Waals surface area contributed by atoms with Gasteiger partial charge in [-0.3, -0.25) is 48.1 Å². The van der Waals surface area contributed by atoms with Gasteiger partial charge in [-0.25, -0.2) is 4.79 Å². The zero-order valence-electron chi connectivity index (χ0n) is 42.0. The number of hydrogen-bond donors (Lipinski definition) is 15. The fraction of sp³-hybridized carbons (Fsp3) is 0.521. The molecule has 20 N–H and O–H groups in total. The van der Waals surface area contributed by atoms with Crippen molar-refractivity contribution in [3.05, 3.63) is 65.7 Å². The van der Waals surface area contributed by atoms with E-state index in [0.717, 1.165) is 4.90 Å². The number of amides is 9. The number of phenolic OH excluding ortho intramolecular Hbond substituents is 1. The van der Waals surface area contributed by atoms with Crippen LogP contribution in [-0.2, 0) is 60.8 Å². The number of nitrogens with zero attached hydrogens (tertiary/aromatic N) is 2. The molecule has 0 aliphatic carbocycles. The van der Waals surface area contributed by atoms with Crippen molar-refractivity contribution in [3.63, 3.8) is 0 Å². The fourth-order valence-corrected chi connectivity index (χ4v) is 7.83. The van der Waals surface area contributed by atoms with Gasteiger partial charge in [-0.1, -0.05) is 42.5 Å². The quantitative estimate of drug-likeness (QED) is 0.0191. The molecule has 1 saturated heterocycles. The van der Waals surface area contributed by atoms with Crippen LogP contribution in [0.3, 0.4) is 0 Å². The molecular weight excluding hydrogens is 981 g/mol. The summed E-state index contributed by atoms with van der Waals surface area (Å²) in [5, 5.41) is 47.5. The number of nitrogens with two attached hydrogens (primary N) is 5. The number of carboxylic acid groups (broad SMARTS) is 1. The number of primary amides is 1. The van der Waals surface area contributed by atoms with Crippen molar-refractivity contribution in [1.82, 2.24) is 42.1 Å². The molecule has 2 aromatic carbocycles. The highest BCUT2D eigenvalue weighted by atomic mass is 16.4. The van der Waals surface area contributed by atoms with E-state index in [-0.39, 0.29) is 63.3 Å². The normalized spacial score (nSPS) is 16.2. The summed E-state index contributed by atoms with van der Waals surface area (Å²) in [6, 6.07) is 2.06. The van der Waals surface area contributed by atoms with Crippen molar-refractivity contribution in [1.29, 1.82) is 0 Å². The number of rotatable bonds is 31. The number of benzene rings is 2. The smallest absolute Gasteiger partial charge is 0.326 e. The lowest BCUT2D eigenvalue weighted by atomic mass is 10.0. The largest absolute Gasteiger partial charge is 0.508 e. The van der Waals surface area contributed by atoms with Crippen molar-refractivity contribution < 1.29 is 63.3 Å². The van der Waals surface area contributed by atoms with Crippen molar-refractivity contribution in [2.75, 3.05) is 26.2 Å². The molecule has 0 aromatic heterocycles. The van der Waals surface area contributed by atoms with E-state index in [0.29, 0.717) is 36.9 Å². The molecule has 0 unspecified atom stereocenters. The highest BCUT2D eigenvalue weighted by Gasteiger charge is 2.40. The number of aliphatic hydroxyl groups excluding tert-OH is 1. The summed E-state index contributed by atoms with van der Waals surface area (Å²) >= 11 is 0. The van der Waals surface area contributed by atoms with E-state index in [1.807, 2.05) is 0 Å². The number of aliphatic carboxylic acids is 1. The van der Waals surface area contributed by atoms with Gasteiger partial charge in [-0.05, 0) is 88.6 Å². The molecule has 1 heterocycles. The van der Waals surface area contributed by atoms with Crippen LogP contribution in [0.5, 0.6) is 5.75 Å². The second-order valence-corrected chi connectivity index (χ2v) is 18.0. The minimum atomic E-state index is -1.64. The summed E-state index contributed by atoms with van der Waals surface area (Å²) in [5.74, 6) is -9.27. The summed E-state index contributed by atoms with van der Waals surface area (Å²) in [6.07, 6.45) is 0.788. The van der Waals surface area contributed by atoms with E-state index < -0.39 is 127 Å². The van der Waals surface area contributed by atoms with Gasteiger partial charge in [0.25, 0.3) is 0 Å². The Labute approximate surface area is 433 Å². The second kappa shape index (κ2) is 31.0. The third kappa shape index (κ3) is 20.9. The zero-order chi connectivity index (χ0) is 55.8. The van der Waals surface area contributed by atoms with Crippen LogP contribution in [0.4, 0.5) is 0 Å². The second-order valence-electron chi connectivity index (χ2n) is 18.0. The Hall–Kier alpha value is -7.91. The number of guanidine groups is 1. The van der Waals surface area contributed by atoms with Crippen LogP contribution < -0.4 is 65.9 Å². The van der Waals surface area contributed by atoms with Crippen LogP contribution in [0.15, 0.2) is 59.6 Å². The van der Waals surface area contributed by atoms with Crippen molar-refractivity contribution in [2.24, 2.45) is 33.7 Å². The number of aliphatic hydroxyl groups is 1. The van der Waals surface area contributed by atoms with Gasteiger partial charge in [0, 0.05) is 25.9 Å². The number of carbonyl (C=O) groups excluding carboxylic acids is 9. The molecule has 9 amide bonds. The maximum absolute atomic E-state index is 14.1. The van der Waals surface area contributed by atoms with E-state index in [1.165, 1.54) is 38.1 Å². The minimum absolute atomic E-state index is 0.000868. The molecule has 2 aromatic rings. The summed E-state index contributed by atoms with van der Waals surface area (Å²) in [7, 11) is 0. The highest BCUT2D eigenvalue weighted by Crippen LogP contribution is 2.20. The summed E-state index contributed by atoms with van der Waals surface area (Å²) in [4.78, 5) is 137. The van der Waals surface area contributed by atoms with Gasteiger partial charge in [0.05, 0.1) is 19.1 Å². The number of carboxylic acids is 1. The first kappa shape index (κ1) is 61.4. The summed E-state index contributed by atoms with van der Waals surface area (Å²) in [5.41, 5.74) is 28.4.